The Morgan fingerprint density at radius 2 is 0.944 bits per heavy atom. The van der Waals surface area contributed by atoms with Gasteiger partial charge < -0.3 is 8.37 Å². The molecule has 0 unspecified atom stereocenters. The summed E-state index contributed by atoms with van der Waals surface area (Å²) in [6, 6.07) is 0. The third-order valence-corrected chi connectivity index (χ3v) is 7.84. The normalized spacial score (nSPS) is 27.8. The fourth-order valence-electron chi connectivity index (χ4n) is 4.38. The number of rotatable bonds is 5. The summed E-state index contributed by atoms with van der Waals surface area (Å²) < 4.78 is 135. The molecule has 14 heteroatoms. The Bertz CT molecular complexity index is 1300. The van der Waals surface area contributed by atoms with Gasteiger partial charge in [0.15, 0.2) is 0 Å². The molecule has 36 heavy (non-hydrogen) atoms. The molecule has 0 N–H and O–H groups in total. The minimum atomic E-state index is -6.16. The van der Waals surface area contributed by atoms with E-state index in [0.717, 1.165) is 12.2 Å². The van der Waals surface area contributed by atoms with E-state index in [1.54, 1.807) is 24.3 Å². The predicted molar refractivity (Wildman–Crippen MR) is 115 cm³/mol. The van der Waals surface area contributed by atoms with Gasteiger partial charge in [0.05, 0.1) is 0 Å². The maximum absolute atomic E-state index is 13.1. The summed E-state index contributed by atoms with van der Waals surface area (Å²) in [5.41, 5.74) is -10.6. The van der Waals surface area contributed by atoms with Gasteiger partial charge in [0, 0.05) is 23.7 Å². The molecule has 4 aliphatic carbocycles. The van der Waals surface area contributed by atoms with Crippen LogP contribution in [0.2, 0.25) is 0 Å². The van der Waals surface area contributed by atoms with Crippen LogP contribution in [0.25, 0.3) is 0 Å². The summed E-state index contributed by atoms with van der Waals surface area (Å²) >= 11 is 0. The van der Waals surface area contributed by atoms with E-state index in [9.17, 15) is 43.2 Å². The van der Waals surface area contributed by atoms with Crippen molar-refractivity contribution < 1.29 is 51.5 Å². The second-order valence-electron chi connectivity index (χ2n) is 8.03. The third kappa shape index (κ3) is 4.71. The lowest BCUT2D eigenvalue weighted by atomic mass is 9.64. The van der Waals surface area contributed by atoms with Crippen molar-refractivity contribution in [2.75, 3.05) is 0 Å². The van der Waals surface area contributed by atoms with Crippen LogP contribution in [0.4, 0.5) is 26.3 Å². The number of halogens is 6. The molecule has 194 valence electrons. The summed E-state index contributed by atoms with van der Waals surface area (Å²) in [5.74, 6) is -5.97. The molecule has 0 bridgehead atoms. The van der Waals surface area contributed by atoms with Crippen molar-refractivity contribution in [2.45, 2.75) is 11.0 Å². The van der Waals surface area contributed by atoms with Crippen molar-refractivity contribution in [3.05, 3.63) is 95.6 Å². The zero-order valence-electron chi connectivity index (χ0n) is 17.8. The lowest BCUT2D eigenvalue weighted by Gasteiger charge is -2.42. The van der Waals surface area contributed by atoms with Crippen molar-refractivity contribution >= 4 is 20.2 Å². The maximum Gasteiger partial charge on any atom is 0.534 e. The average molecular weight is 554 g/mol. The van der Waals surface area contributed by atoms with E-state index < -0.39 is 66.4 Å². The number of hydrogen-bond acceptors (Lipinski definition) is 6. The van der Waals surface area contributed by atoms with E-state index >= 15 is 0 Å². The SMILES string of the molecule is O=S(=O)(OC1=CC=C2C=CC=C[C@@H]2[C@H]1[C@@H]1C(OS(=O)(=O)C(F)(F)F)=CC=C2C=CC=C[C@H]21)C(F)(F)F. The summed E-state index contributed by atoms with van der Waals surface area (Å²) in [7, 11) is -12.3. The Morgan fingerprint density at radius 3 is 1.28 bits per heavy atom. The molecule has 0 spiro atoms. The fourth-order valence-corrected chi connectivity index (χ4v) is 5.41. The first-order chi connectivity index (χ1) is 16.6. The van der Waals surface area contributed by atoms with Crippen LogP contribution < -0.4 is 0 Å². The number of fused-ring (bicyclic) bond motifs is 2. The van der Waals surface area contributed by atoms with Gasteiger partial charge >= 0.3 is 31.3 Å². The molecule has 0 aliphatic heterocycles. The second kappa shape index (κ2) is 8.83. The van der Waals surface area contributed by atoms with Crippen LogP contribution >= 0.6 is 0 Å². The Balaban J connectivity index is 1.86. The molecule has 0 radical (unpaired) electrons. The average Bonchev–Trinajstić information content (AvgIpc) is 2.77. The lowest BCUT2D eigenvalue weighted by Crippen LogP contribution is -2.39. The van der Waals surface area contributed by atoms with E-state index in [1.165, 1.54) is 36.5 Å². The molecule has 4 atom stereocenters. The highest BCUT2D eigenvalue weighted by atomic mass is 32.2. The van der Waals surface area contributed by atoms with Gasteiger partial charge in [-0.15, -0.1) is 0 Å². The minimum absolute atomic E-state index is 0.490. The molecule has 0 aromatic rings. The zero-order chi connectivity index (χ0) is 26.5. The monoisotopic (exact) mass is 554 g/mol. The van der Waals surface area contributed by atoms with Gasteiger partial charge in [-0.2, -0.15) is 43.2 Å². The standard InChI is InChI=1S/C22H16F6O6S2/c23-21(24,25)35(29,30)33-17-11-9-13-5-1-3-7-15(13)19(17)20-16-8-4-2-6-14(16)10-12-18(20)34-36(31,32)22(26,27)28/h1-12,15-16,19-20H/t15-,16+,19+,20-. The minimum Gasteiger partial charge on any atom is -0.380 e. The molecule has 0 aromatic carbocycles. The van der Waals surface area contributed by atoms with Crippen LogP contribution in [-0.4, -0.2) is 27.9 Å². The predicted octanol–water partition coefficient (Wildman–Crippen LogP) is 5.08. The second-order valence-corrected chi connectivity index (χ2v) is 11.1. The Labute approximate surface area is 202 Å². The first-order valence-corrected chi connectivity index (χ1v) is 13.0. The number of allylic oxidation sites excluding steroid dienone is 16. The van der Waals surface area contributed by atoms with Crippen LogP contribution in [0.5, 0.6) is 0 Å². The number of hydrogen-bond donors (Lipinski definition) is 0. The molecule has 0 aromatic heterocycles. The van der Waals surface area contributed by atoms with Crippen LogP contribution in [0.1, 0.15) is 0 Å². The van der Waals surface area contributed by atoms with E-state index in [1.807, 2.05) is 0 Å². The van der Waals surface area contributed by atoms with Crippen molar-refractivity contribution in [1.82, 2.24) is 0 Å². The summed E-state index contributed by atoms with van der Waals surface area (Å²) in [6.45, 7) is 0. The highest BCUT2D eigenvalue weighted by molar-refractivity contribution is 7.88. The molecule has 4 aliphatic rings. The largest absolute Gasteiger partial charge is 0.534 e. The smallest absolute Gasteiger partial charge is 0.380 e. The molecule has 6 nitrogen and oxygen atoms in total. The van der Waals surface area contributed by atoms with Gasteiger partial charge in [0.25, 0.3) is 0 Å². The molecule has 0 saturated heterocycles. The molecule has 0 amide bonds. The van der Waals surface area contributed by atoms with Gasteiger partial charge in [0.1, 0.15) is 11.5 Å². The van der Waals surface area contributed by atoms with E-state index in [2.05, 4.69) is 8.37 Å². The molecular formula is C22H16F6O6S2. The Hall–Kier alpha value is -3.00. The van der Waals surface area contributed by atoms with Crippen molar-refractivity contribution in [1.29, 1.82) is 0 Å². The van der Waals surface area contributed by atoms with Crippen molar-refractivity contribution in [2.24, 2.45) is 23.7 Å². The summed E-state index contributed by atoms with van der Waals surface area (Å²) in [4.78, 5) is 0. The van der Waals surface area contributed by atoms with E-state index in [-0.39, 0.29) is 0 Å². The highest BCUT2D eigenvalue weighted by Crippen LogP contribution is 2.51. The van der Waals surface area contributed by atoms with Crippen molar-refractivity contribution in [3.63, 3.8) is 0 Å². The van der Waals surface area contributed by atoms with E-state index in [0.29, 0.717) is 11.1 Å². The van der Waals surface area contributed by atoms with E-state index in [4.69, 9.17) is 0 Å². The first kappa shape index (κ1) is 26.1. The summed E-state index contributed by atoms with van der Waals surface area (Å²) in [6.07, 6.45) is 17.0. The fraction of sp³-hybridized carbons (Fsp3) is 0.273. The highest BCUT2D eigenvalue weighted by Gasteiger charge is 2.54. The summed E-state index contributed by atoms with van der Waals surface area (Å²) in [5, 5.41) is 0. The zero-order valence-corrected chi connectivity index (χ0v) is 19.4. The topological polar surface area (TPSA) is 86.7 Å². The Kier molecular flexibility index (Phi) is 6.40. The van der Waals surface area contributed by atoms with Gasteiger partial charge in [0.2, 0.25) is 0 Å². The molecular weight excluding hydrogens is 538 g/mol. The molecule has 0 heterocycles. The van der Waals surface area contributed by atoms with Crippen LogP contribution in [0.15, 0.2) is 95.6 Å². The lowest BCUT2D eigenvalue weighted by molar-refractivity contribution is -0.0546. The third-order valence-electron chi connectivity index (χ3n) is 5.88. The van der Waals surface area contributed by atoms with Crippen LogP contribution in [0, 0.1) is 23.7 Å². The molecule has 0 fully saturated rings. The van der Waals surface area contributed by atoms with Gasteiger partial charge in [-0.25, -0.2) is 0 Å². The quantitative estimate of drug-likeness (QED) is 0.268. The van der Waals surface area contributed by atoms with Gasteiger partial charge in [-0.3, -0.25) is 0 Å². The molecule has 0 saturated carbocycles. The van der Waals surface area contributed by atoms with Crippen LogP contribution in [0.3, 0.4) is 0 Å². The van der Waals surface area contributed by atoms with Crippen molar-refractivity contribution in [3.8, 4) is 0 Å². The molecule has 4 rings (SSSR count). The maximum atomic E-state index is 13.1. The van der Waals surface area contributed by atoms with Gasteiger partial charge in [-0.05, 0) is 23.3 Å². The first-order valence-electron chi connectivity index (χ1n) is 10.2. The van der Waals surface area contributed by atoms with Gasteiger partial charge in [-0.1, -0.05) is 60.8 Å². The number of alkyl halides is 6. The van der Waals surface area contributed by atoms with Crippen LogP contribution in [-0.2, 0) is 28.6 Å². The Morgan fingerprint density at radius 1 is 0.583 bits per heavy atom.